The fourth-order valence-corrected chi connectivity index (χ4v) is 1.39. The number of benzene rings is 1. The van der Waals surface area contributed by atoms with Crippen molar-refractivity contribution in [3.8, 4) is 0 Å². The van der Waals surface area contributed by atoms with Gasteiger partial charge in [0.25, 0.3) is 0 Å². The molecule has 0 fully saturated rings. The zero-order valence-corrected chi connectivity index (χ0v) is 8.93. The molecule has 0 radical (unpaired) electrons. The van der Waals surface area contributed by atoms with E-state index < -0.39 is 0 Å². The van der Waals surface area contributed by atoms with Crippen LogP contribution in [0.1, 0.15) is 12.7 Å². The van der Waals surface area contributed by atoms with Crippen molar-refractivity contribution in [2.75, 3.05) is 6.61 Å². The van der Waals surface area contributed by atoms with E-state index in [-0.39, 0.29) is 5.97 Å². The number of hydrogen-bond acceptors (Lipinski definition) is 3. The van der Waals surface area contributed by atoms with E-state index in [9.17, 15) is 4.79 Å². The molecular weight excluding hydrogens is 204 g/mol. The van der Waals surface area contributed by atoms with Gasteiger partial charge in [-0.2, -0.15) is 0 Å². The number of carbonyl (C=O) groups excluding carboxylic acids is 1. The number of nitrogens with one attached hydrogen (secondary N) is 1. The van der Waals surface area contributed by atoms with Gasteiger partial charge in [0, 0.05) is 6.08 Å². The summed E-state index contributed by atoms with van der Waals surface area (Å²) in [6.45, 7) is 2.15. The zero-order chi connectivity index (χ0) is 11.4. The molecule has 2 aromatic rings. The Bertz CT molecular complexity index is 496. The van der Waals surface area contributed by atoms with Crippen LogP contribution in [0.5, 0.6) is 0 Å². The summed E-state index contributed by atoms with van der Waals surface area (Å²) >= 11 is 0. The monoisotopic (exact) mass is 216 g/mol. The van der Waals surface area contributed by atoms with Crippen LogP contribution >= 0.6 is 0 Å². The van der Waals surface area contributed by atoms with Gasteiger partial charge in [0.1, 0.15) is 5.82 Å². The highest BCUT2D eigenvalue weighted by Gasteiger charge is 1.99. The number of H-pyrrole nitrogens is 1. The van der Waals surface area contributed by atoms with Gasteiger partial charge in [0.05, 0.1) is 17.6 Å². The van der Waals surface area contributed by atoms with E-state index in [1.165, 1.54) is 6.08 Å². The molecule has 1 N–H and O–H groups in total. The van der Waals surface area contributed by atoms with Crippen LogP contribution in [0.3, 0.4) is 0 Å². The smallest absolute Gasteiger partial charge is 0.330 e. The van der Waals surface area contributed by atoms with Gasteiger partial charge in [-0.3, -0.25) is 0 Å². The van der Waals surface area contributed by atoms with Gasteiger partial charge < -0.3 is 9.72 Å². The summed E-state index contributed by atoms with van der Waals surface area (Å²) in [7, 11) is 0. The van der Waals surface area contributed by atoms with Crippen LogP contribution in [0.2, 0.25) is 0 Å². The predicted molar refractivity (Wildman–Crippen MR) is 61.8 cm³/mol. The number of fused-ring (bicyclic) bond motifs is 1. The molecule has 1 aromatic carbocycles. The average Bonchev–Trinajstić information content (AvgIpc) is 2.69. The van der Waals surface area contributed by atoms with Gasteiger partial charge in [0.2, 0.25) is 0 Å². The van der Waals surface area contributed by atoms with E-state index in [0.29, 0.717) is 12.4 Å². The van der Waals surface area contributed by atoms with Gasteiger partial charge in [-0.1, -0.05) is 12.1 Å². The Morgan fingerprint density at radius 2 is 2.31 bits per heavy atom. The van der Waals surface area contributed by atoms with Crippen molar-refractivity contribution in [3.63, 3.8) is 0 Å². The molecule has 1 heterocycles. The summed E-state index contributed by atoms with van der Waals surface area (Å²) in [5.41, 5.74) is 1.83. The van der Waals surface area contributed by atoms with Crippen LogP contribution in [0.25, 0.3) is 17.1 Å². The van der Waals surface area contributed by atoms with Gasteiger partial charge in [-0.25, -0.2) is 9.78 Å². The first-order valence-corrected chi connectivity index (χ1v) is 5.09. The van der Waals surface area contributed by atoms with Gasteiger partial charge in [-0.05, 0) is 25.1 Å². The Labute approximate surface area is 93.0 Å². The Morgan fingerprint density at radius 1 is 1.50 bits per heavy atom. The van der Waals surface area contributed by atoms with Crippen LogP contribution < -0.4 is 0 Å². The number of imidazole rings is 1. The molecule has 1 aromatic heterocycles. The maximum atomic E-state index is 11.1. The molecule has 0 spiro atoms. The van der Waals surface area contributed by atoms with Crippen molar-refractivity contribution in [2.24, 2.45) is 0 Å². The van der Waals surface area contributed by atoms with E-state index >= 15 is 0 Å². The fourth-order valence-electron chi connectivity index (χ4n) is 1.39. The summed E-state index contributed by atoms with van der Waals surface area (Å²) in [4.78, 5) is 18.5. The first kappa shape index (κ1) is 10.4. The lowest BCUT2D eigenvalue weighted by molar-refractivity contribution is -0.137. The lowest BCUT2D eigenvalue weighted by atomic mass is 10.3. The first-order chi connectivity index (χ1) is 7.79. The summed E-state index contributed by atoms with van der Waals surface area (Å²) in [5.74, 6) is 0.289. The molecule has 0 bridgehead atoms. The highest BCUT2D eigenvalue weighted by Crippen LogP contribution is 2.10. The molecule has 2 rings (SSSR count). The van der Waals surface area contributed by atoms with Crippen molar-refractivity contribution in [2.45, 2.75) is 6.92 Å². The molecule has 0 aliphatic rings. The lowest BCUT2D eigenvalue weighted by Crippen LogP contribution is -1.98. The molecule has 0 aliphatic carbocycles. The molecule has 4 nitrogen and oxygen atoms in total. The highest BCUT2D eigenvalue weighted by molar-refractivity contribution is 5.87. The number of nitrogens with zero attached hydrogens (tertiary/aromatic N) is 1. The molecule has 4 heteroatoms. The molecule has 0 saturated carbocycles. The average molecular weight is 216 g/mol. The Kier molecular flexibility index (Phi) is 3.00. The standard InChI is InChI=1S/C12H12N2O2/c1-2-16-12(15)8-7-11-13-9-5-3-4-6-10(9)14-11/h3-8H,2H2,1H3,(H,13,14). The molecular formula is C12H12N2O2. The van der Waals surface area contributed by atoms with Gasteiger partial charge in [-0.15, -0.1) is 0 Å². The van der Waals surface area contributed by atoms with E-state index in [1.54, 1.807) is 13.0 Å². The van der Waals surface area contributed by atoms with Gasteiger partial charge >= 0.3 is 5.97 Å². The largest absolute Gasteiger partial charge is 0.463 e. The minimum absolute atomic E-state index is 0.358. The molecule has 82 valence electrons. The minimum atomic E-state index is -0.358. The summed E-state index contributed by atoms with van der Waals surface area (Å²) in [5, 5.41) is 0. The Hall–Kier alpha value is -2.10. The van der Waals surface area contributed by atoms with Crippen LogP contribution in [0.15, 0.2) is 30.3 Å². The quantitative estimate of drug-likeness (QED) is 0.631. The van der Waals surface area contributed by atoms with E-state index in [1.807, 2.05) is 24.3 Å². The third-order valence-electron chi connectivity index (χ3n) is 2.07. The Morgan fingerprint density at radius 3 is 3.06 bits per heavy atom. The molecule has 16 heavy (non-hydrogen) atoms. The normalized spacial score (nSPS) is 11.1. The van der Waals surface area contributed by atoms with Crippen molar-refractivity contribution >= 4 is 23.1 Å². The molecule has 0 atom stereocenters. The van der Waals surface area contributed by atoms with Crippen molar-refractivity contribution in [1.29, 1.82) is 0 Å². The maximum absolute atomic E-state index is 11.1. The van der Waals surface area contributed by atoms with Crippen LogP contribution in [0, 0.1) is 0 Å². The SMILES string of the molecule is CCOC(=O)C=Cc1nc2ccccc2[nH]1. The fraction of sp³-hybridized carbons (Fsp3) is 0.167. The number of esters is 1. The van der Waals surface area contributed by atoms with Crippen LogP contribution in [-0.4, -0.2) is 22.5 Å². The molecule has 0 saturated heterocycles. The van der Waals surface area contributed by atoms with Crippen LogP contribution in [-0.2, 0) is 9.53 Å². The van der Waals surface area contributed by atoms with E-state index in [4.69, 9.17) is 4.74 Å². The summed E-state index contributed by atoms with van der Waals surface area (Å²) in [6, 6.07) is 7.69. The third-order valence-corrected chi connectivity index (χ3v) is 2.07. The maximum Gasteiger partial charge on any atom is 0.330 e. The molecule has 0 amide bonds. The van der Waals surface area contributed by atoms with E-state index in [0.717, 1.165) is 11.0 Å². The van der Waals surface area contributed by atoms with Crippen molar-refractivity contribution in [3.05, 3.63) is 36.2 Å². The molecule has 0 unspecified atom stereocenters. The predicted octanol–water partition coefficient (Wildman–Crippen LogP) is 2.14. The number of ether oxygens (including phenoxy) is 1. The first-order valence-electron chi connectivity index (χ1n) is 5.09. The third kappa shape index (κ3) is 2.28. The number of rotatable bonds is 3. The number of aromatic amines is 1. The van der Waals surface area contributed by atoms with Crippen LogP contribution in [0.4, 0.5) is 0 Å². The summed E-state index contributed by atoms with van der Waals surface area (Å²) < 4.78 is 4.77. The second kappa shape index (κ2) is 4.61. The highest BCUT2D eigenvalue weighted by atomic mass is 16.5. The topological polar surface area (TPSA) is 55.0 Å². The second-order valence-electron chi connectivity index (χ2n) is 3.22. The van der Waals surface area contributed by atoms with Crippen molar-refractivity contribution < 1.29 is 9.53 Å². The zero-order valence-electron chi connectivity index (χ0n) is 8.93. The lowest BCUT2D eigenvalue weighted by Gasteiger charge is -1.92. The minimum Gasteiger partial charge on any atom is -0.463 e. The molecule has 0 aliphatic heterocycles. The van der Waals surface area contributed by atoms with Crippen molar-refractivity contribution in [1.82, 2.24) is 9.97 Å². The van der Waals surface area contributed by atoms with Gasteiger partial charge in [0.15, 0.2) is 0 Å². The van der Waals surface area contributed by atoms with E-state index in [2.05, 4.69) is 9.97 Å². The second-order valence-corrected chi connectivity index (χ2v) is 3.22. The number of carbonyl (C=O) groups is 1. The summed E-state index contributed by atoms with van der Waals surface area (Å²) in [6.07, 6.45) is 2.97. The number of aromatic nitrogens is 2. The number of para-hydroxylation sites is 2. The Balaban J connectivity index is 2.18. The number of hydrogen-bond donors (Lipinski definition) is 1.